The average molecular weight is 548 g/mol. The van der Waals surface area contributed by atoms with Crippen molar-refractivity contribution >= 4 is 11.9 Å². The van der Waals surface area contributed by atoms with Crippen molar-refractivity contribution in [3.05, 3.63) is 59.2 Å². The second-order valence-corrected chi connectivity index (χ2v) is 9.78. The molecule has 10 heteroatoms. The van der Waals surface area contributed by atoms with E-state index in [0.29, 0.717) is 23.6 Å². The zero-order valence-electron chi connectivity index (χ0n) is 22.5. The van der Waals surface area contributed by atoms with E-state index in [1.165, 1.54) is 33.1 Å². The zero-order valence-corrected chi connectivity index (χ0v) is 22.5. The first kappa shape index (κ1) is 29.8. The number of ether oxygens (including phenoxy) is 3. The van der Waals surface area contributed by atoms with Crippen LogP contribution in [0, 0.1) is 17.3 Å². The Labute approximate surface area is 225 Å². The highest BCUT2D eigenvalue weighted by molar-refractivity contribution is 5.83. The third-order valence-corrected chi connectivity index (χ3v) is 7.02. The Morgan fingerprint density at radius 1 is 1.15 bits per heavy atom. The molecule has 4 atom stereocenters. The van der Waals surface area contributed by atoms with Crippen LogP contribution in [-0.4, -0.2) is 60.9 Å². The van der Waals surface area contributed by atoms with Gasteiger partial charge in [-0.05, 0) is 55.8 Å². The van der Waals surface area contributed by atoms with E-state index in [9.17, 15) is 27.9 Å². The van der Waals surface area contributed by atoms with E-state index in [4.69, 9.17) is 14.2 Å². The molecule has 210 valence electrons. The molecule has 0 bridgehead atoms. The van der Waals surface area contributed by atoms with Gasteiger partial charge < -0.3 is 24.2 Å². The van der Waals surface area contributed by atoms with Crippen molar-refractivity contribution in [1.82, 2.24) is 4.90 Å². The topological polar surface area (TPSA) is 85.3 Å². The number of hydrogen-bond donors (Lipinski definition) is 1. The van der Waals surface area contributed by atoms with Gasteiger partial charge in [-0.25, -0.2) is 0 Å². The van der Waals surface area contributed by atoms with Crippen LogP contribution in [-0.2, 0) is 20.5 Å². The summed E-state index contributed by atoms with van der Waals surface area (Å²) in [6.07, 6.45) is -6.12. The average Bonchev–Trinajstić information content (AvgIpc) is 3.24. The number of hydrogen-bond acceptors (Lipinski definition) is 6. The first-order valence-electron chi connectivity index (χ1n) is 12.4. The van der Waals surface area contributed by atoms with Gasteiger partial charge >= 0.3 is 12.1 Å². The molecule has 1 heterocycles. The largest absolute Gasteiger partial charge is 0.493 e. The van der Waals surface area contributed by atoms with E-state index < -0.39 is 35.3 Å². The lowest BCUT2D eigenvalue weighted by molar-refractivity contribution is -0.157. The summed E-state index contributed by atoms with van der Waals surface area (Å²) in [6.45, 7) is 6.83. The molecule has 1 N–H and O–H groups in total. The van der Waals surface area contributed by atoms with Crippen molar-refractivity contribution in [3.8, 4) is 23.3 Å². The molecule has 0 unspecified atom stereocenters. The first-order chi connectivity index (χ1) is 18.3. The number of nitrogens with zero attached hydrogens (tertiary/aromatic N) is 1. The van der Waals surface area contributed by atoms with Crippen LogP contribution >= 0.6 is 0 Å². The number of aliphatic hydroxyl groups is 1. The first-order valence-corrected chi connectivity index (χ1v) is 12.4. The Kier molecular flexibility index (Phi) is 9.18. The molecule has 7 nitrogen and oxygen atoms in total. The third kappa shape index (κ3) is 7.03. The molecule has 2 aromatic rings. The van der Waals surface area contributed by atoms with Gasteiger partial charge in [-0.3, -0.25) is 9.59 Å². The molecule has 2 aromatic carbocycles. The summed E-state index contributed by atoms with van der Waals surface area (Å²) in [5, 5.41) is 10.7. The van der Waals surface area contributed by atoms with Crippen LogP contribution in [0.1, 0.15) is 50.3 Å². The van der Waals surface area contributed by atoms with Gasteiger partial charge in [0.15, 0.2) is 17.6 Å². The molecule has 1 fully saturated rings. The number of aliphatic hydroxyl groups excluding tert-OH is 1. The number of rotatable bonds is 7. The lowest BCUT2D eigenvalue weighted by Gasteiger charge is -2.34. The molecule has 0 radical (unpaired) electrons. The number of benzene rings is 2. The molecule has 3 rings (SSSR count). The molecule has 0 spiro atoms. The highest BCUT2D eigenvalue weighted by atomic mass is 19.4. The number of likely N-dealkylation sites (tertiary alicyclic amines) is 1. The Morgan fingerprint density at radius 2 is 1.82 bits per heavy atom. The minimum atomic E-state index is -4.41. The van der Waals surface area contributed by atoms with E-state index >= 15 is 0 Å². The molecule has 39 heavy (non-hydrogen) atoms. The summed E-state index contributed by atoms with van der Waals surface area (Å²) in [4.78, 5) is 25.9. The van der Waals surface area contributed by atoms with Gasteiger partial charge in [-0.2, -0.15) is 13.2 Å². The number of methoxy groups -OCH3 is 1. The summed E-state index contributed by atoms with van der Waals surface area (Å²) in [7, 11) is 1.49. The SMILES string of the molecule is COc1ccc([C@@H]2CN(C(=O)[C@H](C)OC(C)=O)C[C@@]2(C)[C@@H](C)O)cc1OCC#Cc1ccc(C(F)(F)F)cc1. The summed E-state index contributed by atoms with van der Waals surface area (Å²) < 4.78 is 54.5. The van der Waals surface area contributed by atoms with Crippen LogP contribution in [0.4, 0.5) is 13.2 Å². The van der Waals surface area contributed by atoms with Crippen LogP contribution in [0.5, 0.6) is 11.5 Å². The van der Waals surface area contributed by atoms with E-state index in [0.717, 1.165) is 17.7 Å². The molecular formula is C29H32F3NO6. The minimum Gasteiger partial charge on any atom is -0.493 e. The zero-order chi connectivity index (χ0) is 29.0. The number of carbonyl (C=O) groups is 2. The predicted octanol–water partition coefficient (Wildman–Crippen LogP) is 4.41. The summed E-state index contributed by atoms with van der Waals surface area (Å²) in [6, 6.07) is 9.87. The van der Waals surface area contributed by atoms with Gasteiger partial charge in [0.25, 0.3) is 5.91 Å². The molecule has 1 amide bonds. The fraction of sp³-hybridized carbons (Fsp3) is 0.448. The maximum Gasteiger partial charge on any atom is 0.416 e. The smallest absolute Gasteiger partial charge is 0.416 e. The van der Waals surface area contributed by atoms with Gasteiger partial charge in [0.2, 0.25) is 0 Å². The normalized spacial score (nSPS) is 20.4. The third-order valence-electron chi connectivity index (χ3n) is 7.02. The number of carbonyl (C=O) groups excluding carboxylic acids is 2. The lowest BCUT2D eigenvalue weighted by atomic mass is 9.72. The van der Waals surface area contributed by atoms with Crippen molar-refractivity contribution in [2.45, 2.75) is 52.0 Å². The molecule has 0 aliphatic carbocycles. The Hall–Kier alpha value is -3.71. The van der Waals surface area contributed by atoms with E-state index in [1.54, 1.807) is 24.0 Å². The molecule has 1 aliphatic heterocycles. The number of amides is 1. The Bertz CT molecular complexity index is 1250. The number of halogens is 3. The standard InChI is InChI=1S/C29H32F3NO6/c1-18(39-20(3)35)27(36)33-16-24(28(4,17-33)19(2)34)22-10-13-25(37-5)26(15-22)38-14-6-7-21-8-11-23(12-9-21)29(30,31)32/h8-13,15,18-19,24,34H,14,16-17H2,1-5H3/t18-,19+,24-,28-/m0/s1. The molecule has 1 aliphatic rings. The predicted molar refractivity (Wildman–Crippen MR) is 137 cm³/mol. The van der Waals surface area contributed by atoms with Crippen molar-refractivity contribution in [2.24, 2.45) is 5.41 Å². The van der Waals surface area contributed by atoms with Gasteiger partial charge in [0.05, 0.1) is 18.8 Å². The van der Waals surface area contributed by atoms with Crippen molar-refractivity contribution in [3.63, 3.8) is 0 Å². The molecule has 0 saturated carbocycles. The molecular weight excluding hydrogens is 515 g/mol. The fourth-order valence-electron chi connectivity index (χ4n) is 4.67. The molecule has 0 aromatic heterocycles. The van der Waals surface area contributed by atoms with E-state index in [2.05, 4.69) is 11.8 Å². The summed E-state index contributed by atoms with van der Waals surface area (Å²) in [5.41, 5.74) is -0.220. The van der Waals surface area contributed by atoms with Gasteiger partial charge in [0.1, 0.15) is 6.61 Å². The maximum absolute atomic E-state index is 12.9. The Morgan fingerprint density at radius 3 is 2.38 bits per heavy atom. The number of esters is 1. The monoisotopic (exact) mass is 547 g/mol. The minimum absolute atomic E-state index is 0.0519. The maximum atomic E-state index is 12.9. The Balaban J connectivity index is 1.79. The van der Waals surface area contributed by atoms with E-state index in [-0.39, 0.29) is 25.0 Å². The lowest BCUT2D eigenvalue weighted by Crippen LogP contribution is -2.41. The van der Waals surface area contributed by atoms with Crippen LogP contribution in [0.3, 0.4) is 0 Å². The second-order valence-electron chi connectivity index (χ2n) is 9.78. The second kappa shape index (κ2) is 12.0. The van der Waals surface area contributed by atoms with Crippen LogP contribution in [0.25, 0.3) is 0 Å². The van der Waals surface area contributed by atoms with Crippen molar-refractivity contribution in [1.29, 1.82) is 0 Å². The fourth-order valence-corrected chi connectivity index (χ4v) is 4.67. The highest BCUT2D eigenvalue weighted by Crippen LogP contribution is 2.47. The van der Waals surface area contributed by atoms with Gasteiger partial charge in [-0.15, -0.1) is 0 Å². The van der Waals surface area contributed by atoms with Crippen LogP contribution in [0.2, 0.25) is 0 Å². The van der Waals surface area contributed by atoms with Gasteiger partial charge in [0, 0.05) is 36.9 Å². The molecule has 1 saturated heterocycles. The van der Waals surface area contributed by atoms with E-state index in [1.807, 2.05) is 13.0 Å². The van der Waals surface area contributed by atoms with Gasteiger partial charge in [-0.1, -0.05) is 24.8 Å². The summed E-state index contributed by atoms with van der Waals surface area (Å²) in [5.74, 6) is 5.24. The van der Waals surface area contributed by atoms with Crippen molar-refractivity contribution in [2.75, 3.05) is 26.8 Å². The van der Waals surface area contributed by atoms with Crippen LogP contribution in [0.15, 0.2) is 42.5 Å². The quantitative estimate of drug-likeness (QED) is 0.409. The van der Waals surface area contributed by atoms with Crippen LogP contribution < -0.4 is 9.47 Å². The highest BCUT2D eigenvalue weighted by Gasteiger charge is 2.49. The number of alkyl halides is 3. The summed E-state index contributed by atoms with van der Waals surface area (Å²) >= 11 is 0. The van der Waals surface area contributed by atoms with Crippen molar-refractivity contribution < 1.29 is 42.1 Å².